The Labute approximate surface area is 215 Å². The molecule has 0 heterocycles. The number of nitrogens with zero attached hydrogens (tertiary/aromatic N) is 1. The quantitative estimate of drug-likeness (QED) is 0.303. The van der Waals surface area contributed by atoms with Crippen LogP contribution in [0.15, 0.2) is 72.8 Å². The van der Waals surface area contributed by atoms with Crippen LogP contribution in [0, 0.1) is 0 Å². The Bertz CT molecular complexity index is 1160. The van der Waals surface area contributed by atoms with E-state index < -0.39 is 13.2 Å². The van der Waals surface area contributed by atoms with E-state index >= 15 is 4.57 Å². The highest BCUT2D eigenvalue weighted by molar-refractivity contribution is 7.67. The van der Waals surface area contributed by atoms with Crippen molar-refractivity contribution in [3.05, 3.63) is 78.4 Å². The van der Waals surface area contributed by atoms with Crippen molar-refractivity contribution < 1.29 is 18.6 Å². The number of benzene rings is 3. The largest absolute Gasteiger partial charge is 0.497 e. The van der Waals surface area contributed by atoms with Crippen molar-refractivity contribution in [2.24, 2.45) is 0 Å². The molecule has 36 heavy (non-hydrogen) atoms. The summed E-state index contributed by atoms with van der Waals surface area (Å²) in [7, 11) is 3.72. The van der Waals surface area contributed by atoms with E-state index in [4.69, 9.17) is 14.0 Å². The molecule has 1 aliphatic rings. The van der Waals surface area contributed by atoms with Gasteiger partial charge in [0.15, 0.2) is 0 Å². The predicted octanol–water partition coefficient (Wildman–Crippen LogP) is 6.83. The zero-order valence-electron chi connectivity index (χ0n) is 21.6. The van der Waals surface area contributed by atoms with Gasteiger partial charge < -0.3 is 24.2 Å². The highest BCUT2D eigenvalue weighted by atomic mass is 31.2. The van der Waals surface area contributed by atoms with Gasteiger partial charge in [0.05, 0.1) is 20.3 Å². The lowest BCUT2D eigenvalue weighted by atomic mass is 9.98. The molecule has 7 heteroatoms. The third-order valence-corrected chi connectivity index (χ3v) is 9.45. The highest BCUT2D eigenvalue weighted by Gasteiger charge is 2.42. The fourth-order valence-electron chi connectivity index (χ4n) is 4.71. The number of hydrogen-bond acceptors (Lipinski definition) is 6. The van der Waals surface area contributed by atoms with Gasteiger partial charge in [-0.2, -0.15) is 0 Å². The third kappa shape index (κ3) is 5.88. The SMILES string of the molecule is COc1ccc(OC)c(C(Nc2ccccc2)P(=O)(OC2CCCCC2)c2ccc(N(C)C)cc2)c1. The lowest BCUT2D eigenvalue weighted by Crippen LogP contribution is -2.26. The molecule has 0 bridgehead atoms. The molecule has 0 amide bonds. The molecule has 0 radical (unpaired) electrons. The second kappa shape index (κ2) is 11.9. The molecule has 6 nitrogen and oxygen atoms in total. The van der Waals surface area contributed by atoms with Gasteiger partial charge in [-0.25, -0.2) is 0 Å². The van der Waals surface area contributed by atoms with Crippen LogP contribution in [-0.4, -0.2) is 34.4 Å². The van der Waals surface area contributed by atoms with Crippen LogP contribution in [0.4, 0.5) is 11.4 Å². The molecule has 1 aliphatic carbocycles. The monoisotopic (exact) mass is 508 g/mol. The summed E-state index contributed by atoms with van der Waals surface area (Å²) in [5.41, 5.74) is 2.62. The summed E-state index contributed by atoms with van der Waals surface area (Å²) >= 11 is 0. The first-order valence-corrected chi connectivity index (χ1v) is 14.2. The van der Waals surface area contributed by atoms with Gasteiger partial charge in [-0.3, -0.25) is 4.57 Å². The third-order valence-electron chi connectivity index (χ3n) is 6.73. The van der Waals surface area contributed by atoms with E-state index in [0.717, 1.165) is 42.6 Å². The van der Waals surface area contributed by atoms with Gasteiger partial charge >= 0.3 is 0 Å². The second-order valence-electron chi connectivity index (χ2n) is 9.39. The van der Waals surface area contributed by atoms with Crippen molar-refractivity contribution in [3.63, 3.8) is 0 Å². The maximum absolute atomic E-state index is 15.3. The molecule has 1 saturated carbocycles. The predicted molar refractivity (Wildman–Crippen MR) is 148 cm³/mol. The molecular formula is C29H37N2O4P. The normalized spacial score (nSPS) is 16.6. The van der Waals surface area contributed by atoms with Gasteiger partial charge in [-0.15, -0.1) is 0 Å². The second-order valence-corrected chi connectivity index (χ2v) is 11.8. The van der Waals surface area contributed by atoms with E-state index in [-0.39, 0.29) is 6.10 Å². The van der Waals surface area contributed by atoms with Gasteiger partial charge in [0.25, 0.3) is 7.37 Å². The van der Waals surface area contributed by atoms with Crippen molar-refractivity contribution in [2.75, 3.05) is 38.5 Å². The topological polar surface area (TPSA) is 60.0 Å². The van der Waals surface area contributed by atoms with E-state index in [0.29, 0.717) is 16.8 Å². The van der Waals surface area contributed by atoms with Crippen LogP contribution in [0.5, 0.6) is 11.5 Å². The smallest absolute Gasteiger partial charge is 0.258 e. The molecule has 192 valence electrons. The summed E-state index contributed by atoms with van der Waals surface area (Å²) in [4.78, 5) is 2.03. The van der Waals surface area contributed by atoms with E-state index in [1.54, 1.807) is 14.2 Å². The van der Waals surface area contributed by atoms with Gasteiger partial charge in [-0.1, -0.05) is 37.5 Å². The van der Waals surface area contributed by atoms with Gasteiger partial charge in [-0.05, 0) is 67.4 Å². The number of ether oxygens (including phenoxy) is 2. The summed E-state index contributed by atoms with van der Waals surface area (Å²) in [5, 5.41) is 4.23. The minimum absolute atomic E-state index is 0.0604. The van der Waals surface area contributed by atoms with Crippen LogP contribution in [0.1, 0.15) is 43.5 Å². The molecule has 1 N–H and O–H groups in total. The standard InChI is InChI=1S/C29H37N2O4P/c1-31(2)23-15-18-26(19-16-23)36(32,35-24-13-9-6-10-14-24)29(30-22-11-7-5-8-12-22)27-21-25(33-3)17-20-28(27)34-4/h5,7-8,11-12,15-21,24,29-30H,6,9-10,13-14H2,1-4H3. The molecule has 0 saturated heterocycles. The number of nitrogens with one attached hydrogen (secondary N) is 1. The van der Waals surface area contributed by atoms with Crippen LogP contribution >= 0.6 is 7.37 Å². The van der Waals surface area contributed by atoms with Gasteiger partial charge in [0, 0.05) is 36.3 Å². The molecule has 0 aromatic heterocycles. The van der Waals surface area contributed by atoms with Crippen LogP contribution < -0.4 is 25.0 Å². The average molecular weight is 509 g/mol. The Hall–Kier alpha value is -2.95. The molecule has 4 rings (SSSR count). The Kier molecular flexibility index (Phi) is 8.60. The number of para-hydroxylation sites is 1. The molecule has 0 aliphatic heterocycles. The van der Waals surface area contributed by atoms with Gasteiger partial charge in [0.1, 0.15) is 17.3 Å². The Morgan fingerprint density at radius 3 is 2.19 bits per heavy atom. The highest BCUT2D eigenvalue weighted by Crippen LogP contribution is 2.62. The number of rotatable bonds is 10. The molecule has 0 spiro atoms. The molecule has 3 aromatic rings. The first-order chi connectivity index (χ1) is 17.4. The Morgan fingerprint density at radius 2 is 1.58 bits per heavy atom. The Balaban J connectivity index is 1.88. The first kappa shape index (κ1) is 26.1. The Morgan fingerprint density at radius 1 is 0.889 bits per heavy atom. The van der Waals surface area contributed by atoms with Crippen LogP contribution in [0.2, 0.25) is 0 Å². The van der Waals surface area contributed by atoms with Crippen LogP contribution in [0.3, 0.4) is 0 Å². The van der Waals surface area contributed by atoms with Crippen molar-refractivity contribution in [3.8, 4) is 11.5 Å². The van der Waals surface area contributed by atoms with E-state index in [9.17, 15) is 0 Å². The number of anilines is 2. The molecule has 1 fully saturated rings. The summed E-state index contributed by atoms with van der Waals surface area (Å²) in [5.74, 6) is 0.608. The van der Waals surface area contributed by atoms with Crippen molar-refractivity contribution in [2.45, 2.75) is 44.0 Å². The number of hydrogen-bond donors (Lipinski definition) is 1. The maximum Gasteiger partial charge on any atom is 0.258 e. The minimum Gasteiger partial charge on any atom is -0.497 e. The number of methoxy groups -OCH3 is 2. The molecular weight excluding hydrogens is 471 g/mol. The summed E-state index contributed by atoms with van der Waals surface area (Å²) in [6.45, 7) is 0. The zero-order valence-corrected chi connectivity index (χ0v) is 22.5. The van der Waals surface area contributed by atoms with Crippen molar-refractivity contribution in [1.29, 1.82) is 0 Å². The lowest BCUT2D eigenvalue weighted by Gasteiger charge is -2.34. The first-order valence-electron chi connectivity index (χ1n) is 12.5. The summed E-state index contributed by atoms with van der Waals surface area (Å²) < 4.78 is 33.4. The fourth-order valence-corrected chi connectivity index (χ4v) is 7.36. The van der Waals surface area contributed by atoms with Crippen molar-refractivity contribution in [1.82, 2.24) is 0 Å². The molecule has 3 aromatic carbocycles. The summed E-state index contributed by atoms with van der Waals surface area (Å²) in [6, 6.07) is 23.3. The van der Waals surface area contributed by atoms with E-state index in [2.05, 4.69) is 5.32 Å². The zero-order chi connectivity index (χ0) is 25.5. The molecule has 2 unspecified atom stereocenters. The van der Waals surface area contributed by atoms with E-state index in [1.165, 1.54) is 6.42 Å². The minimum atomic E-state index is -3.52. The fraction of sp³-hybridized carbons (Fsp3) is 0.379. The average Bonchev–Trinajstić information content (AvgIpc) is 2.92. The van der Waals surface area contributed by atoms with E-state index in [1.807, 2.05) is 91.8 Å². The maximum atomic E-state index is 15.3. The lowest BCUT2D eigenvalue weighted by molar-refractivity contribution is 0.159. The van der Waals surface area contributed by atoms with Crippen LogP contribution in [-0.2, 0) is 9.09 Å². The summed E-state index contributed by atoms with van der Waals surface area (Å²) in [6.07, 6.45) is 5.12. The van der Waals surface area contributed by atoms with Gasteiger partial charge in [0.2, 0.25) is 0 Å². The van der Waals surface area contributed by atoms with Crippen LogP contribution in [0.25, 0.3) is 0 Å². The molecule has 2 atom stereocenters. The van der Waals surface area contributed by atoms with Crippen molar-refractivity contribution >= 4 is 24.0 Å².